The molecule has 0 amide bonds. The molecule has 0 saturated carbocycles. The van der Waals surface area contributed by atoms with Crippen molar-refractivity contribution in [3.8, 4) is 0 Å². The largest absolute Gasteiger partial charge is 0.388 e. The zero-order chi connectivity index (χ0) is 13.6. The molecule has 0 spiro atoms. The van der Waals surface area contributed by atoms with E-state index < -0.39 is 20.7 Å². The van der Waals surface area contributed by atoms with Crippen LogP contribution in [0.1, 0.15) is 44.1 Å². The van der Waals surface area contributed by atoms with Crippen molar-refractivity contribution in [3.63, 3.8) is 0 Å². The van der Waals surface area contributed by atoms with Crippen molar-refractivity contribution in [1.82, 2.24) is 4.57 Å². The lowest BCUT2D eigenvalue weighted by Gasteiger charge is -2.26. The van der Waals surface area contributed by atoms with Gasteiger partial charge in [0.25, 0.3) is 0 Å². The number of hydrogen-bond acceptors (Lipinski definition) is 3. The number of nitrogens with zero attached hydrogens (tertiary/aromatic N) is 1. The van der Waals surface area contributed by atoms with Gasteiger partial charge in [-0.3, -0.25) is 0 Å². The summed E-state index contributed by atoms with van der Waals surface area (Å²) in [6, 6.07) is 1.91. The maximum Gasteiger partial charge on any atom is 0.154 e. The van der Waals surface area contributed by atoms with Crippen molar-refractivity contribution < 1.29 is 13.5 Å². The van der Waals surface area contributed by atoms with Gasteiger partial charge in [0, 0.05) is 30.3 Å². The minimum Gasteiger partial charge on any atom is -0.388 e. The van der Waals surface area contributed by atoms with Gasteiger partial charge in [0.05, 0.1) is 10.9 Å². The molecule has 1 aliphatic carbocycles. The van der Waals surface area contributed by atoms with E-state index in [1.165, 1.54) is 6.26 Å². The second-order valence-corrected chi connectivity index (χ2v) is 8.44. The smallest absolute Gasteiger partial charge is 0.154 e. The van der Waals surface area contributed by atoms with E-state index in [0.29, 0.717) is 6.54 Å². The Morgan fingerprint density at radius 2 is 2.17 bits per heavy atom. The van der Waals surface area contributed by atoms with Gasteiger partial charge in [0.1, 0.15) is 0 Å². The number of aliphatic hydroxyl groups excluding tert-OH is 1. The number of hydrogen-bond donors (Lipinski definition) is 1. The van der Waals surface area contributed by atoms with E-state index in [4.69, 9.17) is 0 Å². The second-order valence-electron chi connectivity index (χ2n) is 5.79. The van der Waals surface area contributed by atoms with Gasteiger partial charge in [0.2, 0.25) is 0 Å². The molecular weight excluding hydrogens is 250 g/mol. The highest BCUT2D eigenvalue weighted by molar-refractivity contribution is 7.92. The number of fused-ring (bicyclic) bond motifs is 1. The van der Waals surface area contributed by atoms with Gasteiger partial charge >= 0.3 is 0 Å². The Hall–Kier alpha value is -0.810. The van der Waals surface area contributed by atoms with Gasteiger partial charge in [-0.05, 0) is 39.2 Å². The van der Waals surface area contributed by atoms with Crippen LogP contribution in [-0.4, -0.2) is 29.1 Å². The van der Waals surface area contributed by atoms with Crippen molar-refractivity contribution in [3.05, 3.63) is 23.5 Å². The Morgan fingerprint density at radius 1 is 1.50 bits per heavy atom. The van der Waals surface area contributed by atoms with Gasteiger partial charge in [-0.1, -0.05) is 0 Å². The molecule has 1 aromatic heterocycles. The fraction of sp³-hybridized carbons (Fsp3) is 0.692. The molecule has 0 bridgehead atoms. The van der Waals surface area contributed by atoms with Gasteiger partial charge in [-0.2, -0.15) is 0 Å². The predicted octanol–water partition coefficient (Wildman–Crippen LogP) is 1.68. The fourth-order valence-electron chi connectivity index (χ4n) is 2.41. The van der Waals surface area contributed by atoms with Crippen LogP contribution in [0.5, 0.6) is 0 Å². The lowest BCUT2D eigenvalue weighted by Crippen LogP contribution is -2.36. The number of aliphatic hydroxyl groups is 1. The number of sulfone groups is 1. The summed E-state index contributed by atoms with van der Waals surface area (Å²) in [4.78, 5) is 0. The molecule has 1 N–H and O–H groups in total. The average molecular weight is 271 g/mol. The van der Waals surface area contributed by atoms with E-state index in [1.54, 1.807) is 13.8 Å². The Balaban J connectivity index is 2.32. The van der Waals surface area contributed by atoms with Crippen LogP contribution in [-0.2, 0) is 22.8 Å². The molecule has 102 valence electrons. The molecule has 2 rings (SSSR count). The Labute approximate surface area is 109 Å². The molecule has 1 unspecified atom stereocenters. The van der Waals surface area contributed by atoms with Crippen LogP contribution in [0.4, 0.5) is 0 Å². The van der Waals surface area contributed by atoms with E-state index in [2.05, 4.69) is 0 Å². The maximum atomic E-state index is 11.7. The highest BCUT2D eigenvalue weighted by Crippen LogP contribution is 2.31. The quantitative estimate of drug-likeness (QED) is 0.910. The van der Waals surface area contributed by atoms with E-state index >= 15 is 0 Å². The molecule has 1 aliphatic rings. The van der Waals surface area contributed by atoms with Gasteiger partial charge in [-0.15, -0.1) is 0 Å². The third-order valence-electron chi connectivity index (χ3n) is 3.92. The maximum absolute atomic E-state index is 11.7. The first kappa shape index (κ1) is 13.6. The first-order valence-corrected chi connectivity index (χ1v) is 8.17. The lowest BCUT2D eigenvalue weighted by molar-refractivity contribution is 0.155. The number of rotatable bonds is 3. The van der Waals surface area contributed by atoms with Crippen molar-refractivity contribution in [2.45, 2.75) is 50.5 Å². The standard InChI is InChI=1S/C13H21NO3S/c1-13(2,18(3,16)17)9-14-8-7-10-11(14)5-4-6-12(10)15/h7-8,12,15H,4-6,9H2,1-3H3. The lowest BCUT2D eigenvalue weighted by atomic mass is 9.95. The zero-order valence-corrected chi connectivity index (χ0v) is 12.0. The Bertz CT molecular complexity index is 543. The zero-order valence-electron chi connectivity index (χ0n) is 11.2. The monoisotopic (exact) mass is 271 g/mol. The summed E-state index contributed by atoms with van der Waals surface area (Å²) in [6.45, 7) is 3.93. The average Bonchev–Trinajstić information content (AvgIpc) is 2.61. The predicted molar refractivity (Wildman–Crippen MR) is 71.3 cm³/mol. The highest BCUT2D eigenvalue weighted by atomic mass is 32.2. The third-order valence-corrected chi connectivity index (χ3v) is 6.06. The molecule has 0 saturated heterocycles. The van der Waals surface area contributed by atoms with Crippen molar-refractivity contribution in [2.75, 3.05) is 6.26 Å². The minimum atomic E-state index is -3.10. The first-order chi connectivity index (χ1) is 8.22. The molecule has 1 atom stereocenters. The van der Waals surface area contributed by atoms with Gasteiger partial charge < -0.3 is 9.67 Å². The second kappa shape index (κ2) is 4.38. The Kier molecular flexibility index (Phi) is 3.32. The molecule has 0 aliphatic heterocycles. The van der Waals surface area contributed by atoms with Crippen LogP contribution in [0, 0.1) is 0 Å². The first-order valence-electron chi connectivity index (χ1n) is 6.28. The molecule has 0 aromatic carbocycles. The molecule has 4 nitrogen and oxygen atoms in total. The highest BCUT2D eigenvalue weighted by Gasteiger charge is 2.32. The van der Waals surface area contributed by atoms with Crippen molar-refractivity contribution >= 4 is 9.84 Å². The summed E-state index contributed by atoms with van der Waals surface area (Å²) in [5, 5.41) is 9.90. The van der Waals surface area contributed by atoms with E-state index in [0.717, 1.165) is 30.5 Å². The van der Waals surface area contributed by atoms with Crippen molar-refractivity contribution in [1.29, 1.82) is 0 Å². The topological polar surface area (TPSA) is 59.3 Å². The summed E-state index contributed by atoms with van der Waals surface area (Å²) < 4.78 is 24.7. The summed E-state index contributed by atoms with van der Waals surface area (Å²) in [6.07, 6.45) is 5.45. The van der Waals surface area contributed by atoms with Crippen molar-refractivity contribution in [2.24, 2.45) is 0 Å². The number of aromatic nitrogens is 1. The van der Waals surface area contributed by atoms with Crippen LogP contribution in [0.3, 0.4) is 0 Å². The third kappa shape index (κ3) is 2.34. The molecule has 18 heavy (non-hydrogen) atoms. The Morgan fingerprint density at radius 3 is 2.78 bits per heavy atom. The van der Waals surface area contributed by atoms with E-state index in [-0.39, 0.29) is 0 Å². The normalized spacial score (nSPS) is 20.8. The molecule has 1 aromatic rings. The minimum absolute atomic E-state index is 0.392. The van der Waals surface area contributed by atoms with Crippen LogP contribution >= 0.6 is 0 Å². The van der Waals surface area contributed by atoms with Crippen LogP contribution in [0.2, 0.25) is 0 Å². The van der Waals surface area contributed by atoms with E-state index in [9.17, 15) is 13.5 Å². The van der Waals surface area contributed by atoms with Crippen LogP contribution in [0.25, 0.3) is 0 Å². The molecule has 0 fully saturated rings. The summed E-state index contributed by atoms with van der Waals surface area (Å²) >= 11 is 0. The molecular formula is C13H21NO3S. The SMILES string of the molecule is CC(C)(Cn1ccc2c1CCCC2O)S(C)(=O)=O. The van der Waals surface area contributed by atoms with Crippen LogP contribution in [0.15, 0.2) is 12.3 Å². The molecule has 1 heterocycles. The summed E-state index contributed by atoms with van der Waals surface area (Å²) in [5.41, 5.74) is 2.05. The molecule has 0 radical (unpaired) electrons. The summed E-state index contributed by atoms with van der Waals surface area (Å²) in [7, 11) is -3.10. The van der Waals surface area contributed by atoms with Gasteiger partial charge in [-0.25, -0.2) is 8.42 Å². The van der Waals surface area contributed by atoms with E-state index in [1.807, 2.05) is 16.8 Å². The fourth-order valence-corrected chi connectivity index (χ4v) is 2.78. The summed E-state index contributed by atoms with van der Waals surface area (Å²) in [5.74, 6) is 0. The van der Waals surface area contributed by atoms with Gasteiger partial charge in [0.15, 0.2) is 9.84 Å². The van der Waals surface area contributed by atoms with Crippen LogP contribution < -0.4 is 0 Å². The molecule has 5 heteroatoms.